The summed E-state index contributed by atoms with van der Waals surface area (Å²) >= 11 is 0. The van der Waals surface area contributed by atoms with Gasteiger partial charge in [-0.3, -0.25) is 0 Å². The van der Waals surface area contributed by atoms with Gasteiger partial charge in [0.1, 0.15) is 5.75 Å². The van der Waals surface area contributed by atoms with Gasteiger partial charge in [0.25, 0.3) is 0 Å². The van der Waals surface area contributed by atoms with Crippen LogP contribution >= 0.6 is 0 Å². The van der Waals surface area contributed by atoms with Crippen LogP contribution in [-0.4, -0.2) is 25.0 Å². The predicted molar refractivity (Wildman–Crippen MR) is 140 cm³/mol. The van der Waals surface area contributed by atoms with Crippen LogP contribution in [0.2, 0.25) is 0 Å². The van der Waals surface area contributed by atoms with Crippen LogP contribution in [-0.2, 0) is 15.9 Å². The zero-order valence-electron chi connectivity index (χ0n) is 21.8. The molecule has 0 radical (unpaired) electrons. The second kappa shape index (κ2) is 9.61. The maximum Gasteiger partial charge on any atom is 0.343 e. The average molecular weight is 489 g/mol. The van der Waals surface area contributed by atoms with Crippen molar-refractivity contribution >= 4 is 5.97 Å². The van der Waals surface area contributed by atoms with Gasteiger partial charge in [-0.1, -0.05) is 37.6 Å². The predicted octanol–water partition coefficient (Wildman–Crippen LogP) is 7.45. The highest BCUT2D eigenvalue weighted by Crippen LogP contribution is 2.62. The first-order valence-electron chi connectivity index (χ1n) is 14.1. The van der Waals surface area contributed by atoms with Crippen LogP contribution < -0.4 is 4.74 Å². The average Bonchev–Trinajstić information content (AvgIpc) is 3.25. The van der Waals surface area contributed by atoms with Crippen LogP contribution in [0.25, 0.3) is 0 Å². The highest BCUT2D eigenvalue weighted by molar-refractivity contribution is 5.91. The smallest absolute Gasteiger partial charge is 0.343 e. The van der Waals surface area contributed by atoms with Gasteiger partial charge < -0.3 is 14.2 Å². The number of rotatable bonds is 5. The van der Waals surface area contributed by atoms with Crippen molar-refractivity contribution in [1.29, 1.82) is 0 Å². The summed E-state index contributed by atoms with van der Waals surface area (Å²) < 4.78 is 18.7. The maximum atomic E-state index is 12.5. The van der Waals surface area contributed by atoms with Crippen LogP contribution in [0.4, 0.5) is 0 Å². The van der Waals surface area contributed by atoms with Gasteiger partial charge in [-0.15, -0.1) is 0 Å². The molecule has 0 aromatic heterocycles. The van der Waals surface area contributed by atoms with Gasteiger partial charge in [-0.2, -0.15) is 0 Å². The van der Waals surface area contributed by atoms with E-state index in [1.807, 2.05) is 31.4 Å². The Hall–Kier alpha value is -2.17. The molecule has 0 spiro atoms. The number of benzene rings is 2. The Kier molecular flexibility index (Phi) is 6.46. The molecule has 3 fully saturated rings. The van der Waals surface area contributed by atoms with Crippen molar-refractivity contribution in [2.24, 2.45) is 17.3 Å². The van der Waals surface area contributed by atoms with Gasteiger partial charge in [-0.25, -0.2) is 4.79 Å². The van der Waals surface area contributed by atoms with Crippen molar-refractivity contribution in [1.82, 2.24) is 0 Å². The lowest BCUT2D eigenvalue weighted by molar-refractivity contribution is -0.278. The van der Waals surface area contributed by atoms with Crippen LogP contribution in [0.1, 0.15) is 98.5 Å². The summed E-state index contributed by atoms with van der Waals surface area (Å²) in [6.45, 7) is 2.51. The van der Waals surface area contributed by atoms with E-state index >= 15 is 0 Å². The van der Waals surface area contributed by atoms with Crippen LogP contribution in [0.5, 0.6) is 5.75 Å². The third-order valence-electron chi connectivity index (χ3n) is 10.2. The number of aryl methyl sites for hydroxylation is 1. The monoisotopic (exact) mass is 488 g/mol. The normalized spacial score (nSPS) is 32.7. The van der Waals surface area contributed by atoms with Crippen molar-refractivity contribution in [3.8, 4) is 5.75 Å². The molecule has 0 heterocycles. The van der Waals surface area contributed by atoms with E-state index < -0.39 is 0 Å². The molecule has 5 atom stereocenters. The summed E-state index contributed by atoms with van der Waals surface area (Å²) in [6, 6.07) is 15.6. The van der Waals surface area contributed by atoms with Gasteiger partial charge in [0, 0.05) is 20.0 Å². The first kappa shape index (κ1) is 24.2. The van der Waals surface area contributed by atoms with E-state index in [2.05, 4.69) is 19.1 Å². The molecule has 192 valence electrons. The Morgan fingerprint density at radius 3 is 2.50 bits per heavy atom. The number of fused-ring (bicyclic) bond motifs is 5. The highest BCUT2D eigenvalue weighted by atomic mass is 16.7. The van der Waals surface area contributed by atoms with Crippen LogP contribution in [0.15, 0.2) is 48.5 Å². The standard InChI is InChI=1S/C32H40O4/c1-31-20-17-26-25-14-12-24(35-30(33)22-9-5-3-6-10-22)21-23(25)11-13-27(26)28(31)15-16-29(31)36-32(34-2)18-7-4-8-19-32/h3,5-6,9-10,12,14,21,26-29H,4,7-8,11,13,15-20H2,1-2H3/t26-,27+,28+,29+,31-/m1/s1. The highest BCUT2D eigenvalue weighted by Gasteiger charge is 2.57. The minimum atomic E-state index is -0.357. The van der Waals surface area contributed by atoms with Crippen molar-refractivity contribution in [3.63, 3.8) is 0 Å². The number of methoxy groups -OCH3 is 1. The number of hydrogen-bond acceptors (Lipinski definition) is 4. The van der Waals surface area contributed by atoms with Crippen molar-refractivity contribution in [2.75, 3.05) is 7.11 Å². The number of carbonyl (C=O) groups excluding carboxylic acids is 1. The van der Waals surface area contributed by atoms with E-state index in [9.17, 15) is 4.79 Å². The molecule has 4 aliphatic carbocycles. The van der Waals surface area contributed by atoms with Crippen LogP contribution in [0.3, 0.4) is 0 Å². The summed E-state index contributed by atoms with van der Waals surface area (Å²) in [5.41, 5.74) is 3.68. The quantitative estimate of drug-likeness (QED) is 0.249. The molecule has 6 rings (SSSR count). The lowest BCUT2D eigenvalue weighted by atomic mass is 9.55. The van der Waals surface area contributed by atoms with Gasteiger partial charge in [0.2, 0.25) is 0 Å². The van der Waals surface area contributed by atoms with Crippen molar-refractivity contribution < 1.29 is 19.0 Å². The van der Waals surface area contributed by atoms with E-state index in [1.54, 1.807) is 12.1 Å². The molecule has 0 unspecified atom stereocenters. The molecule has 0 N–H and O–H groups in total. The van der Waals surface area contributed by atoms with Gasteiger partial charge in [0.15, 0.2) is 5.79 Å². The Morgan fingerprint density at radius 1 is 0.917 bits per heavy atom. The van der Waals surface area contributed by atoms with Crippen LogP contribution in [0, 0.1) is 17.3 Å². The van der Waals surface area contributed by atoms with Gasteiger partial charge >= 0.3 is 5.97 Å². The van der Waals surface area contributed by atoms with Crippen molar-refractivity contribution in [3.05, 3.63) is 65.2 Å². The van der Waals surface area contributed by atoms with Crippen molar-refractivity contribution in [2.45, 2.75) is 95.4 Å². The minimum absolute atomic E-state index is 0.243. The molecular weight excluding hydrogens is 448 g/mol. The number of carbonyl (C=O) groups is 1. The fourth-order valence-corrected chi connectivity index (χ4v) is 8.23. The van der Waals surface area contributed by atoms with Gasteiger partial charge in [0.05, 0.1) is 11.7 Å². The molecule has 0 bridgehead atoms. The molecule has 4 aliphatic rings. The third kappa shape index (κ3) is 4.20. The van der Waals surface area contributed by atoms with E-state index in [4.69, 9.17) is 14.2 Å². The fourth-order valence-electron chi connectivity index (χ4n) is 8.23. The molecule has 4 nitrogen and oxygen atoms in total. The Morgan fingerprint density at radius 2 is 1.72 bits per heavy atom. The SMILES string of the molecule is COC1(O[C@H]2CC[C@H]3[C@H]4CCc5cc(OC(=O)c6ccccc6)ccc5[C@H]4CC[C@@]23C)CCCCC1. The topological polar surface area (TPSA) is 44.8 Å². The Labute approximate surface area is 215 Å². The molecule has 0 aliphatic heterocycles. The Bertz CT molecular complexity index is 1090. The number of esters is 1. The zero-order chi connectivity index (χ0) is 24.8. The molecule has 3 saturated carbocycles. The summed E-state index contributed by atoms with van der Waals surface area (Å²) in [7, 11) is 1.85. The summed E-state index contributed by atoms with van der Waals surface area (Å²) in [5.74, 6) is 2.05. The van der Waals surface area contributed by atoms with E-state index in [-0.39, 0.29) is 17.2 Å². The molecule has 0 saturated heterocycles. The second-order valence-electron chi connectivity index (χ2n) is 11.9. The third-order valence-corrected chi connectivity index (χ3v) is 10.2. The summed E-state index contributed by atoms with van der Waals surface area (Å²) in [5, 5.41) is 0. The Balaban J connectivity index is 1.17. The van der Waals surface area contributed by atoms with E-state index in [0.29, 0.717) is 35.2 Å². The molecule has 2 aromatic rings. The number of hydrogen-bond donors (Lipinski definition) is 0. The molecule has 36 heavy (non-hydrogen) atoms. The fraction of sp³-hybridized carbons (Fsp3) is 0.594. The van der Waals surface area contributed by atoms with E-state index in [0.717, 1.165) is 25.7 Å². The zero-order valence-corrected chi connectivity index (χ0v) is 21.8. The maximum absolute atomic E-state index is 12.5. The van der Waals surface area contributed by atoms with Gasteiger partial charge in [-0.05, 0) is 110 Å². The lowest BCUT2D eigenvalue weighted by Gasteiger charge is -2.52. The first-order valence-corrected chi connectivity index (χ1v) is 14.1. The first-order chi connectivity index (χ1) is 17.5. The molecule has 4 heteroatoms. The summed E-state index contributed by atoms with van der Waals surface area (Å²) in [4.78, 5) is 12.5. The summed E-state index contributed by atoms with van der Waals surface area (Å²) in [6.07, 6.45) is 13.3. The largest absolute Gasteiger partial charge is 0.423 e. The molecule has 0 amide bonds. The van der Waals surface area contributed by atoms with E-state index in [1.165, 1.54) is 56.1 Å². The minimum Gasteiger partial charge on any atom is -0.423 e. The lowest BCUT2D eigenvalue weighted by Crippen LogP contribution is -2.49. The second-order valence-corrected chi connectivity index (χ2v) is 11.9. The number of ether oxygens (including phenoxy) is 3. The molecule has 2 aromatic carbocycles. The molecular formula is C32H40O4.